The second kappa shape index (κ2) is 11.2. The fourth-order valence-corrected chi connectivity index (χ4v) is 5.19. The number of hydrogen-bond donors (Lipinski definition) is 1. The molecule has 2 aromatic carbocycles. The van der Waals surface area contributed by atoms with Gasteiger partial charge in [-0.3, -0.25) is 14.4 Å². The van der Waals surface area contributed by atoms with Crippen molar-refractivity contribution in [3.63, 3.8) is 0 Å². The molecule has 0 unspecified atom stereocenters. The minimum atomic E-state index is -4.45. The maximum absolute atomic E-state index is 13.4. The molecule has 1 aromatic heterocycles. The Labute approximate surface area is 212 Å². The summed E-state index contributed by atoms with van der Waals surface area (Å²) in [5, 5.41) is 0.249. The number of hydrogen-bond acceptors (Lipinski definition) is 7. The Morgan fingerprint density at radius 3 is 2.19 bits per heavy atom. The molecule has 1 fully saturated rings. The van der Waals surface area contributed by atoms with E-state index in [1.165, 1.54) is 28.2 Å². The first-order valence-electron chi connectivity index (χ1n) is 11.3. The van der Waals surface area contributed by atoms with Gasteiger partial charge >= 0.3 is 0 Å². The Bertz CT molecular complexity index is 1340. The highest BCUT2D eigenvalue weighted by atomic mass is 32.2. The molecule has 1 N–H and O–H groups in total. The van der Waals surface area contributed by atoms with E-state index in [-0.39, 0.29) is 49.3 Å². The monoisotopic (exact) mass is 529 g/mol. The van der Waals surface area contributed by atoms with Crippen LogP contribution in [0.5, 0.6) is 5.75 Å². The van der Waals surface area contributed by atoms with E-state index >= 15 is 0 Å². The number of nitrogens with one attached hydrogen (secondary N) is 1. The predicted octanol–water partition coefficient (Wildman–Crippen LogP) is 1.70. The van der Waals surface area contributed by atoms with Crippen molar-refractivity contribution in [1.82, 2.24) is 15.1 Å². The Morgan fingerprint density at radius 2 is 1.57 bits per heavy atom. The van der Waals surface area contributed by atoms with Gasteiger partial charge < -0.3 is 24.3 Å². The van der Waals surface area contributed by atoms with Crippen LogP contribution < -0.4 is 10.1 Å². The molecule has 0 spiro atoms. The molecule has 1 atom stereocenters. The molecular formula is C25H24FN3O7S. The summed E-state index contributed by atoms with van der Waals surface area (Å²) in [4.78, 5) is 40.9. The molecule has 10 nitrogen and oxygen atoms in total. The van der Waals surface area contributed by atoms with E-state index in [9.17, 15) is 27.2 Å². The van der Waals surface area contributed by atoms with Gasteiger partial charge in [-0.25, -0.2) is 12.8 Å². The average molecular weight is 530 g/mol. The molecule has 3 aromatic rings. The van der Waals surface area contributed by atoms with E-state index in [2.05, 4.69) is 5.32 Å². The minimum Gasteiger partial charge on any atom is -0.484 e. The van der Waals surface area contributed by atoms with Crippen LogP contribution in [0, 0.1) is 5.82 Å². The van der Waals surface area contributed by atoms with E-state index in [4.69, 9.17) is 9.15 Å². The second-order valence-corrected chi connectivity index (χ2v) is 10.2. The van der Waals surface area contributed by atoms with Crippen LogP contribution in [0.15, 0.2) is 82.3 Å². The first-order valence-corrected chi connectivity index (χ1v) is 12.9. The number of carbonyl (C=O) groups excluding carboxylic acids is 3. The van der Waals surface area contributed by atoms with E-state index in [0.29, 0.717) is 5.75 Å². The van der Waals surface area contributed by atoms with Crippen molar-refractivity contribution in [2.45, 2.75) is 10.3 Å². The molecule has 4 rings (SSSR count). The van der Waals surface area contributed by atoms with Crippen LogP contribution in [-0.2, 0) is 19.4 Å². The molecule has 0 bridgehead atoms. The number of ether oxygens (including phenoxy) is 1. The summed E-state index contributed by atoms with van der Waals surface area (Å²) < 4.78 is 50.5. The lowest BCUT2D eigenvalue weighted by atomic mass is 10.3. The summed E-state index contributed by atoms with van der Waals surface area (Å²) in [6.45, 7) is 0.207. The molecule has 0 saturated carbocycles. The molecule has 0 radical (unpaired) electrons. The van der Waals surface area contributed by atoms with Crippen molar-refractivity contribution in [2.75, 3.05) is 32.8 Å². The highest BCUT2D eigenvalue weighted by molar-refractivity contribution is 7.92. The zero-order valence-electron chi connectivity index (χ0n) is 19.6. The Balaban J connectivity index is 1.45. The van der Waals surface area contributed by atoms with Crippen molar-refractivity contribution in [1.29, 1.82) is 0 Å². The second-order valence-electron chi connectivity index (χ2n) is 8.14. The average Bonchev–Trinajstić information content (AvgIpc) is 3.46. The number of carbonyl (C=O) groups is 3. The molecular weight excluding hydrogens is 505 g/mol. The minimum absolute atomic E-state index is 0.0436. The van der Waals surface area contributed by atoms with Crippen molar-refractivity contribution in [2.24, 2.45) is 0 Å². The first kappa shape index (κ1) is 25.9. The maximum atomic E-state index is 13.4. The number of furan rings is 1. The van der Waals surface area contributed by atoms with Crippen LogP contribution in [0.2, 0.25) is 0 Å². The highest BCUT2D eigenvalue weighted by Gasteiger charge is 2.40. The lowest BCUT2D eigenvalue weighted by Crippen LogP contribution is -2.58. The molecule has 194 valence electrons. The maximum Gasteiger partial charge on any atom is 0.288 e. The highest BCUT2D eigenvalue weighted by Crippen LogP contribution is 2.19. The van der Waals surface area contributed by atoms with E-state index in [1.54, 1.807) is 24.3 Å². The summed E-state index contributed by atoms with van der Waals surface area (Å²) in [7, 11) is -4.45. The molecule has 37 heavy (non-hydrogen) atoms. The van der Waals surface area contributed by atoms with Crippen molar-refractivity contribution < 1.29 is 36.3 Å². The van der Waals surface area contributed by atoms with Gasteiger partial charge in [-0.2, -0.15) is 0 Å². The van der Waals surface area contributed by atoms with Crippen LogP contribution in [0.3, 0.4) is 0 Å². The van der Waals surface area contributed by atoms with Gasteiger partial charge in [0.1, 0.15) is 11.6 Å². The zero-order chi connectivity index (χ0) is 26.4. The summed E-state index contributed by atoms with van der Waals surface area (Å²) >= 11 is 0. The smallest absolute Gasteiger partial charge is 0.288 e. The summed E-state index contributed by atoms with van der Waals surface area (Å²) in [5.41, 5.74) is 0. The van der Waals surface area contributed by atoms with Crippen LogP contribution in [0.1, 0.15) is 10.6 Å². The van der Waals surface area contributed by atoms with Crippen LogP contribution in [-0.4, -0.2) is 74.1 Å². The molecule has 1 aliphatic rings. The van der Waals surface area contributed by atoms with Crippen LogP contribution >= 0.6 is 0 Å². The molecule has 2 heterocycles. The number of rotatable bonds is 8. The summed E-state index contributed by atoms with van der Waals surface area (Å²) in [6, 6.07) is 15.5. The number of benzene rings is 2. The number of halogens is 1. The fraction of sp³-hybridized carbons (Fsp3) is 0.240. The summed E-state index contributed by atoms with van der Waals surface area (Å²) in [6.07, 6.45) is 1.23. The standard InChI is InChI=1S/C25H24FN3O7S/c26-18-8-10-20(11-9-18)37(33,34)24(27-23(31)21-7-4-16-35-21)25(32)29-14-12-28(13-15-29)22(30)17-36-19-5-2-1-3-6-19/h1-11,16,24H,12-15,17H2,(H,27,31)/t24-/m0/s1. The Kier molecular flexibility index (Phi) is 7.87. The predicted molar refractivity (Wildman–Crippen MR) is 129 cm³/mol. The number of para-hydroxylation sites is 1. The van der Waals surface area contributed by atoms with Gasteiger partial charge in [0, 0.05) is 26.2 Å². The van der Waals surface area contributed by atoms with Crippen molar-refractivity contribution in [3.8, 4) is 5.75 Å². The van der Waals surface area contributed by atoms with Crippen molar-refractivity contribution in [3.05, 3.63) is 84.6 Å². The van der Waals surface area contributed by atoms with Crippen LogP contribution in [0.4, 0.5) is 4.39 Å². The van der Waals surface area contributed by atoms with Gasteiger partial charge in [-0.1, -0.05) is 18.2 Å². The quantitative estimate of drug-likeness (QED) is 0.440. The lowest BCUT2D eigenvalue weighted by Gasteiger charge is -2.36. The number of amides is 3. The topological polar surface area (TPSA) is 126 Å². The van der Waals surface area contributed by atoms with Crippen LogP contribution in [0.25, 0.3) is 0 Å². The fourth-order valence-electron chi connectivity index (χ4n) is 3.73. The first-order chi connectivity index (χ1) is 17.8. The third-order valence-electron chi connectivity index (χ3n) is 5.73. The van der Waals surface area contributed by atoms with Gasteiger partial charge in [-0.05, 0) is 48.5 Å². The van der Waals surface area contributed by atoms with Gasteiger partial charge in [0.25, 0.3) is 17.7 Å². The lowest BCUT2D eigenvalue weighted by molar-refractivity contribution is -0.140. The third kappa shape index (κ3) is 6.15. The summed E-state index contributed by atoms with van der Waals surface area (Å²) in [5.74, 6) is -2.35. The molecule has 1 aliphatic heterocycles. The largest absolute Gasteiger partial charge is 0.484 e. The van der Waals surface area contributed by atoms with Crippen molar-refractivity contribution >= 4 is 27.6 Å². The molecule has 12 heteroatoms. The number of sulfone groups is 1. The Hall–Kier alpha value is -4.19. The van der Waals surface area contributed by atoms with E-state index < -0.39 is 32.8 Å². The van der Waals surface area contributed by atoms with Gasteiger partial charge in [0.2, 0.25) is 15.2 Å². The molecule has 1 saturated heterocycles. The van der Waals surface area contributed by atoms with Gasteiger partial charge in [0.05, 0.1) is 11.2 Å². The number of nitrogens with zero attached hydrogens (tertiary/aromatic N) is 2. The zero-order valence-corrected chi connectivity index (χ0v) is 20.4. The molecule has 3 amide bonds. The third-order valence-corrected chi connectivity index (χ3v) is 7.60. The Morgan fingerprint density at radius 1 is 0.919 bits per heavy atom. The molecule has 0 aliphatic carbocycles. The van der Waals surface area contributed by atoms with Gasteiger partial charge in [0.15, 0.2) is 12.4 Å². The SMILES string of the molecule is O=C(N[C@H](C(=O)N1CCN(C(=O)COc2ccccc2)CC1)S(=O)(=O)c1ccc(F)cc1)c1ccco1. The normalized spacial score (nSPS) is 14.6. The van der Waals surface area contributed by atoms with Gasteiger partial charge in [-0.15, -0.1) is 0 Å². The number of piperazine rings is 1. The van der Waals surface area contributed by atoms with E-state index in [0.717, 1.165) is 24.3 Å². The van der Waals surface area contributed by atoms with E-state index in [1.807, 2.05) is 6.07 Å².